The van der Waals surface area contributed by atoms with E-state index >= 15 is 0 Å². The van der Waals surface area contributed by atoms with E-state index in [4.69, 9.17) is 14.3 Å². The zero-order valence-electron chi connectivity index (χ0n) is 15.9. The van der Waals surface area contributed by atoms with Gasteiger partial charge in [0.1, 0.15) is 17.7 Å². The summed E-state index contributed by atoms with van der Waals surface area (Å²) in [6.45, 7) is 2.70. The Bertz CT molecular complexity index is 952. The fraction of sp³-hybridized carbons (Fsp3) is 0.238. The summed E-state index contributed by atoms with van der Waals surface area (Å²) in [5, 5.41) is 15.0. The number of hydrogen-bond acceptors (Lipinski definition) is 6. The molecular formula is C21H23N3O4. The number of aliphatic hydroxyl groups is 1. The summed E-state index contributed by atoms with van der Waals surface area (Å²) >= 11 is 0. The van der Waals surface area contributed by atoms with Gasteiger partial charge in [-0.05, 0) is 35.9 Å². The molecule has 1 amide bonds. The highest BCUT2D eigenvalue weighted by Crippen LogP contribution is 2.23. The van der Waals surface area contributed by atoms with Crippen molar-refractivity contribution in [3.05, 3.63) is 65.7 Å². The molecule has 0 radical (unpaired) electrons. The molecule has 0 spiro atoms. The third kappa shape index (κ3) is 4.76. The van der Waals surface area contributed by atoms with Crippen LogP contribution in [0.1, 0.15) is 21.8 Å². The summed E-state index contributed by atoms with van der Waals surface area (Å²) in [7, 11) is 1.58. The van der Waals surface area contributed by atoms with Crippen LogP contribution in [0, 0.1) is 6.92 Å². The number of nitrogens with one attached hydrogen (secondary N) is 2. The lowest BCUT2D eigenvalue weighted by molar-refractivity contribution is 0.102. The number of rotatable bonds is 8. The molecule has 7 heteroatoms. The highest BCUT2D eigenvalue weighted by molar-refractivity contribution is 6.05. The minimum atomic E-state index is -0.225. The highest BCUT2D eigenvalue weighted by atomic mass is 16.5. The molecule has 0 aliphatic heterocycles. The Hall–Kier alpha value is -3.16. The van der Waals surface area contributed by atoms with E-state index in [1.807, 2.05) is 30.3 Å². The van der Waals surface area contributed by atoms with Crippen LogP contribution in [-0.4, -0.2) is 36.3 Å². The summed E-state index contributed by atoms with van der Waals surface area (Å²) in [5.74, 6) is 1.03. The molecule has 0 saturated heterocycles. The van der Waals surface area contributed by atoms with Gasteiger partial charge in [0.15, 0.2) is 5.89 Å². The average Bonchev–Trinajstić information content (AvgIpc) is 3.14. The number of amides is 1. The summed E-state index contributed by atoms with van der Waals surface area (Å²) in [5.41, 5.74) is 3.55. The Morgan fingerprint density at radius 1 is 1.25 bits per heavy atom. The maximum absolute atomic E-state index is 12.9. The number of anilines is 1. The standard InChI is InChI=1S/C21H23N3O4/c1-14-23-20(13-28-14)15-4-3-5-17(10-15)24-21(26)19-7-6-18(27-2)11-16(19)12-22-8-9-25/h3-7,10-11,13,22,25H,8-9,12H2,1-2H3,(H,24,26). The monoisotopic (exact) mass is 381 g/mol. The number of aliphatic hydroxyl groups excluding tert-OH is 1. The number of oxazole rings is 1. The van der Waals surface area contributed by atoms with Crippen molar-refractivity contribution in [1.29, 1.82) is 0 Å². The molecule has 0 fully saturated rings. The first-order chi connectivity index (χ1) is 13.6. The summed E-state index contributed by atoms with van der Waals surface area (Å²) < 4.78 is 10.5. The maximum atomic E-state index is 12.9. The molecule has 0 saturated carbocycles. The minimum absolute atomic E-state index is 0.0276. The molecule has 0 bridgehead atoms. The molecule has 0 atom stereocenters. The number of carbonyl (C=O) groups excluding carboxylic acids is 1. The number of carbonyl (C=O) groups is 1. The van der Waals surface area contributed by atoms with E-state index in [2.05, 4.69) is 15.6 Å². The Morgan fingerprint density at radius 3 is 2.82 bits per heavy atom. The number of ether oxygens (including phenoxy) is 1. The Balaban J connectivity index is 1.80. The van der Waals surface area contributed by atoms with Crippen molar-refractivity contribution < 1.29 is 19.1 Å². The molecule has 1 heterocycles. The van der Waals surface area contributed by atoms with Crippen LogP contribution in [0.25, 0.3) is 11.3 Å². The fourth-order valence-electron chi connectivity index (χ4n) is 2.82. The SMILES string of the molecule is COc1ccc(C(=O)Nc2cccc(-c3coc(C)n3)c2)c(CNCCO)c1. The van der Waals surface area contributed by atoms with Crippen molar-refractivity contribution in [1.82, 2.24) is 10.3 Å². The molecule has 28 heavy (non-hydrogen) atoms. The van der Waals surface area contributed by atoms with Gasteiger partial charge in [0.05, 0.1) is 13.7 Å². The molecule has 2 aromatic carbocycles. The predicted octanol–water partition coefficient (Wildman–Crippen LogP) is 2.99. The number of aryl methyl sites for hydroxylation is 1. The number of aromatic nitrogens is 1. The smallest absolute Gasteiger partial charge is 0.255 e. The first kappa shape index (κ1) is 19.6. The average molecular weight is 381 g/mol. The second kappa shape index (κ2) is 9.16. The summed E-state index contributed by atoms with van der Waals surface area (Å²) in [6, 6.07) is 12.7. The van der Waals surface area contributed by atoms with Gasteiger partial charge in [-0.3, -0.25) is 4.79 Å². The number of benzene rings is 2. The van der Waals surface area contributed by atoms with Crippen molar-refractivity contribution >= 4 is 11.6 Å². The minimum Gasteiger partial charge on any atom is -0.497 e. The van der Waals surface area contributed by atoms with Gasteiger partial charge in [0.25, 0.3) is 5.91 Å². The lowest BCUT2D eigenvalue weighted by Crippen LogP contribution is -2.21. The molecule has 0 unspecified atom stereocenters. The first-order valence-corrected chi connectivity index (χ1v) is 8.93. The maximum Gasteiger partial charge on any atom is 0.255 e. The third-order valence-electron chi connectivity index (χ3n) is 4.20. The molecule has 7 nitrogen and oxygen atoms in total. The van der Waals surface area contributed by atoms with Gasteiger partial charge in [-0.2, -0.15) is 0 Å². The molecule has 3 rings (SSSR count). The van der Waals surface area contributed by atoms with Gasteiger partial charge in [-0.15, -0.1) is 0 Å². The van der Waals surface area contributed by atoms with E-state index in [-0.39, 0.29) is 12.5 Å². The normalized spacial score (nSPS) is 10.7. The van der Waals surface area contributed by atoms with Gasteiger partial charge in [0.2, 0.25) is 0 Å². The van der Waals surface area contributed by atoms with Gasteiger partial charge in [-0.1, -0.05) is 12.1 Å². The lowest BCUT2D eigenvalue weighted by Gasteiger charge is -2.13. The Kier molecular flexibility index (Phi) is 6.41. The predicted molar refractivity (Wildman–Crippen MR) is 106 cm³/mol. The van der Waals surface area contributed by atoms with Gasteiger partial charge in [0, 0.05) is 36.8 Å². The topological polar surface area (TPSA) is 96.6 Å². The van der Waals surface area contributed by atoms with E-state index in [0.29, 0.717) is 41.7 Å². The number of nitrogens with zero attached hydrogens (tertiary/aromatic N) is 1. The van der Waals surface area contributed by atoms with Crippen molar-refractivity contribution in [3.8, 4) is 17.0 Å². The molecule has 0 aliphatic carbocycles. The second-order valence-corrected chi connectivity index (χ2v) is 6.21. The van der Waals surface area contributed by atoms with Crippen molar-refractivity contribution in [2.75, 3.05) is 25.6 Å². The van der Waals surface area contributed by atoms with Gasteiger partial charge >= 0.3 is 0 Å². The molecule has 146 valence electrons. The molecule has 3 N–H and O–H groups in total. The zero-order chi connectivity index (χ0) is 19.9. The Labute approximate surface area is 163 Å². The van der Waals surface area contributed by atoms with Crippen molar-refractivity contribution in [2.24, 2.45) is 0 Å². The van der Waals surface area contributed by atoms with Crippen molar-refractivity contribution in [3.63, 3.8) is 0 Å². The number of methoxy groups -OCH3 is 1. The molecule has 0 aliphatic rings. The summed E-state index contributed by atoms with van der Waals surface area (Å²) in [4.78, 5) is 17.2. The van der Waals surface area contributed by atoms with Crippen LogP contribution in [0.5, 0.6) is 5.75 Å². The number of hydrogen-bond donors (Lipinski definition) is 3. The molecular weight excluding hydrogens is 358 g/mol. The third-order valence-corrected chi connectivity index (χ3v) is 4.20. The van der Waals surface area contributed by atoms with Crippen LogP contribution in [0.2, 0.25) is 0 Å². The fourth-order valence-corrected chi connectivity index (χ4v) is 2.82. The quantitative estimate of drug-likeness (QED) is 0.519. The first-order valence-electron chi connectivity index (χ1n) is 8.93. The Morgan fingerprint density at radius 2 is 2.11 bits per heavy atom. The second-order valence-electron chi connectivity index (χ2n) is 6.21. The van der Waals surface area contributed by atoms with Crippen LogP contribution in [0.4, 0.5) is 5.69 Å². The molecule has 1 aromatic heterocycles. The lowest BCUT2D eigenvalue weighted by atomic mass is 10.1. The van der Waals surface area contributed by atoms with E-state index in [9.17, 15) is 4.79 Å². The zero-order valence-corrected chi connectivity index (χ0v) is 15.9. The highest BCUT2D eigenvalue weighted by Gasteiger charge is 2.13. The van der Waals surface area contributed by atoms with Gasteiger partial charge in [-0.25, -0.2) is 4.98 Å². The van der Waals surface area contributed by atoms with Crippen LogP contribution in [-0.2, 0) is 6.54 Å². The van der Waals surface area contributed by atoms with Crippen LogP contribution in [0.3, 0.4) is 0 Å². The van der Waals surface area contributed by atoms with E-state index in [0.717, 1.165) is 11.1 Å². The van der Waals surface area contributed by atoms with E-state index < -0.39 is 0 Å². The van der Waals surface area contributed by atoms with Crippen molar-refractivity contribution in [2.45, 2.75) is 13.5 Å². The van der Waals surface area contributed by atoms with E-state index in [1.54, 1.807) is 32.4 Å². The van der Waals surface area contributed by atoms with Crippen LogP contribution >= 0.6 is 0 Å². The van der Waals surface area contributed by atoms with Gasteiger partial charge < -0.3 is 24.9 Å². The molecule has 3 aromatic rings. The van der Waals surface area contributed by atoms with E-state index in [1.165, 1.54) is 0 Å². The summed E-state index contributed by atoms with van der Waals surface area (Å²) in [6.07, 6.45) is 1.59. The van der Waals surface area contributed by atoms with Crippen LogP contribution < -0.4 is 15.4 Å². The van der Waals surface area contributed by atoms with Crippen LogP contribution in [0.15, 0.2) is 53.1 Å². The largest absolute Gasteiger partial charge is 0.497 e.